The van der Waals surface area contributed by atoms with E-state index in [0.29, 0.717) is 0 Å². The van der Waals surface area contributed by atoms with Crippen molar-refractivity contribution >= 4 is 44.7 Å². The molecule has 0 spiro atoms. The summed E-state index contributed by atoms with van der Waals surface area (Å²) in [6.45, 7) is 0. The van der Waals surface area contributed by atoms with Gasteiger partial charge in [0.05, 0.1) is 10.6 Å². The SMILES string of the molecule is Nc1ccc(S(=O)(=O)Nc2ncnc(Cl)c2Cl)cc1F. The predicted molar refractivity (Wildman–Crippen MR) is 73.7 cm³/mol. The van der Waals surface area contributed by atoms with Crippen LogP contribution in [0, 0.1) is 5.82 Å². The van der Waals surface area contributed by atoms with E-state index in [1.54, 1.807) is 0 Å². The van der Waals surface area contributed by atoms with Crippen LogP contribution in [0.2, 0.25) is 10.2 Å². The van der Waals surface area contributed by atoms with Crippen molar-refractivity contribution in [2.24, 2.45) is 0 Å². The highest BCUT2D eigenvalue weighted by atomic mass is 35.5. The summed E-state index contributed by atoms with van der Waals surface area (Å²) < 4.78 is 39.5. The van der Waals surface area contributed by atoms with Crippen molar-refractivity contribution in [2.45, 2.75) is 4.90 Å². The van der Waals surface area contributed by atoms with Gasteiger partial charge in [0, 0.05) is 0 Å². The van der Waals surface area contributed by atoms with Crippen molar-refractivity contribution in [3.63, 3.8) is 0 Å². The number of halogens is 3. The van der Waals surface area contributed by atoms with E-state index in [0.717, 1.165) is 24.5 Å². The minimum Gasteiger partial charge on any atom is -0.396 e. The van der Waals surface area contributed by atoms with Gasteiger partial charge < -0.3 is 5.73 Å². The van der Waals surface area contributed by atoms with Crippen LogP contribution in [0.1, 0.15) is 0 Å². The topological polar surface area (TPSA) is 98.0 Å². The molecular formula is C10H7Cl2FN4O2S. The summed E-state index contributed by atoms with van der Waals surface area (Å²) in [4.78, 5) is 6.91. The molecule has 1 heterocycles. The third-order valence-corrected chi connectivity index (χ3v) is 4.34. The maximum Gasteiger partial charge on any atom is 0.263 e. The number of hydrogen-bond acceptors (Lipinski definition) is 5. The third-order valence-electron chi connectivity index (χ3n) is 2.26. The van der Waals surface area contributed by atoms with Crippen LogP contribution < -0.4 is 10.5 Å². The summed E-state index contributed by atoms with van der Waals surface area (Å²) in [7, 11) is -4.07. The average Bonchev–Trinajstić information content (AvgIpc) is 2.38. The second kappa shape index (κ2) is 5.39. The minimum absolute atomic E-state index is 0.108. The first-order valence-corrected chi connectivity index (χ1v) is 7.29. The Hall–Kier alpha value is -1.64. The first kappa shape index (κ1) is 14.8. The maximum atomic E-state index is 13.3. The number of sulfonamides is 1. The lowest BCUT2D eigenvalue weighted by Gasteiger charge is -2.09. The number of nitrogen functional groups attached to an aromatic ring is 1. The summed E-state index contributed by atoms with van der Waals surface area (Å²) in [5.41, 5.74) is 5.12. The summed E-state index contributed by atoms with van der Waals surface area (Å²) in [5.74, 6) is -1.05. The molecular weight excluding hydrogens is 330 g/mol. The van der Waals surface area contributed by atoms with Crippen LogP contribution in [-0.2, 0) is 10.0 Å². The fourth-order valence-corrected chi connectivity index (χ4v) is 2.65. The van der Waals surface area contributed by atoms with Gasteiger partial charge in [0.1, 0.15) is 17.2 Å². The Morgan fingerprint density at radius 3 is 2.60 bits per heavy atom. The molecule has 106 valence electrons. The number of nitrogens with two attached hydrogens (primary N) is 1. The Labute approximate surface area is 123 Å². The molecule has 0 amide bonds. The largest absolute Gasteiger partial charge is 0.396 e. The van der Waals surface area contributed by atoms with Gasteiger partial charge in [-0.15, -0.1) is 0 Å². The van der Waals surface area contributed by atoms with Crippen molar-refractivity contribution in [3.8, 4) is 0 Å². The molecule has 6 nitrogen and oxygen atoms in total. The Morgan fingerprint density at radius 2 is 1.95 bits per heavy atom. The number of aromatic nitrogens is 2. The van der Waals surface area contributed by atoms with Gasteiger partial charge >= 0.3 is 0 Å². The molecule has 3 N–H and O–H groups in total. The van der Waals surface area contributed by atoms with Crippen molar-refractivity contribution < 1.29 is 12.8 Å². The highest BCUT2D eigenvalue weighted by Gasteiger charge is 2.19. The van der Waals surface area contributed by atoms with Crippen LogP contribution >= 0.6 is 23.2 Å². The molecule has 2 aromatic rings. The standard InChI is InChI=1S/C10H7Cl2FN4O2S/c11-8-9(12)15-4-16-10(8)17-20(18,19)5-1-2-7(14)6(13)3-5/h1-4H,14H2,(H,15,16,17). The Bertz CT molecular complexity index is 770. The van der Waals surface area contributed by atoms with Gasteiger partial charge in [-0.1, -0.05) is 23.2 Å². The summed E-state index contributed by atoms with van der Waals surface area (Å²) in [6, 6.07) is 3.07. The molecule has 0 aliphatic carbocycles. The number of anilines is 2. The van der Waals surface area contributed by atoms with E-state index in [2.05, 4.69) is 14.7 Å². The van der Waals surface area contributed by atoms with Gasteiger partial charge in [-0.3, -0.25) is 4.72 Å². The van der Waals surface area contributed by atoms with Gasteiger partial charge in [-0.2, -0.15) is 0 Å². The lowest BCUT2D eigenvalue weighted by atomic mass is 10.3. The Balaban J connectivity index is 2.41. The summed E-state index contributed by atoms with van der Waals surface area (Å²) in [5, 5.41) is -0.267. The second-order valence-electron chi connectivity index (χ2n) is 3.62. The monoisotopic (exact) mass is 336 g/mol. The second-order valence-corrected chi connectivity index (χ2v) is 6.03. The molecule has 0 saturated heterocycles. The van der Waals surface area contributed by atoms with E-state index < -0.39 is 15.8 Å². The first-order chi connectivity index (χ1) is 9.31. The molecule has 0 aliphatic rings. The van der Waals surface area contributed by atoms with E-state index in [1.807, 2.05) is 0 Å². The minimum atomic E-state index is -4.07. The average molecular weight is 337 g/mol. The quantitative estimate of drug-likeness (QED) is 0.662. The van der Waals surface area contributed by atoms with E-state index in [4.69, 9.17) is 28.9 Å². The van der Waals surface area contributed by atoms with E-state index >= 15 is 0 Å². The predicted octanol–water partition coefficient (Wildman–Crippen LogP) is 2.31. The summed E-state index contributed by atoms with van der Waals surface area (Å²) >= 11 is 11.4. The Morgan fingerprint density at radius 1 is 1.25 bits per heavy atom. The lowest BCUT2D eigenvalue weighted by Crippen LogP contribution is -2.15. The zero-order valence-corrected chi connectivity index (χ0v) is 12.0. The smallest absolute Gasteiger partial charge is 0.263 e. The summed E-state index contributed by atoms with van der Waals surface area (Å²) in [6.07, 6.45) is 1.04. The molecule has 2 rings (SSSR count). The van der Waals surface area contributed by atoms with Crippen molar-refractivity contribution in [2.75, 3.05) is 10.5 Å². The van der Waals surface area contributed by atoms with Crippen LogP contribution in [-0.4, -0.2) is 18.4 Å². The molecule has 1 aromatic carbocycles. The van der Waals surface area contributed by atoms with Crippen LogP contribution in [0.25, 0.3) is 0 Å². The van der Waals surface area contributed by atoms with Gasteiger partial charge in [0.25, 0.3) is 10.0 Å². The van der Waals surface area contributed by atoms with Crippen LogP contribution in [0.4, 0.5) is 15.9 Å². The number of nitrogens with zero attached hydrogens (tertiary/aromatic N) is 2. The molecule has 0 bridgehead atoms. The molecule has 1 aromatic heterocycles. The number of rotatable bonds is 3. The molecule has 20 heavy (non-hydrogen) atoms. The van der Waals surface area contributed by atoms with Gasteiger partial charge in [-0.05, 0) is 18.2 Å². The highest BCUT2D eigenvalue weighted by molar-refractivity contribution is 7.92. The maximum absolute atomic E-state index is 13.3. The van der Waals surface area contributed by atoms with E-state index in [-0.39, 0.29) is 26.6 Å². The van der Waals surface area contributed by atoms with E-state index in [9.17, 15) is 12.8 Å². The van der Waals surface area contributed by atoms with Crippen molar-refractivity contribution in [1.82, 2.24) is 9.97 Å². The molecule has 10 heteroatoms. The molecule has 0 aliphatic heterocycles. The van der Waals surface area contributed by atoms with Crippen molar-refractivity contribution in [3.05, 3.63) is 40.5 Å². The number of benzene rings is 1. The third kappa shape index (κ3) is 2.92. The Kier molecular flexibility index (Phi) is 3.98. The fourth-order valence-electron chi connectivity index (χ4n) is 1.28. The number of hydrogen-bond donors (Lipinski definition) is 2. The normalized spacial score (nSPS) is 11.3. The van der Waals surface area contributed by atoms with Gasteiger partial charge in [-0.25, -0.2) is 22.8 Å². The molecule has 0 fully saturated rings. The lowest BCUT2D eigenvalue weighted by molar-refractivity contribution is 0.596. The first-order valence-electron chi connectivity index (χ1n) is 5.05. The molecule has 0 saturated carbocycles. The van der Waals surface area contributed by atoms with Gasteiger partial charge in [0.2, 0.25) is 0 Å². The number of nitrogens with one attached hydrogen (secondary N) is 1. The molecule has 0 radical (unpaired) electrons. The molecule has 0 atom stereocenters. The van der Waals surface area contributed by atoms with Crippen LogP contribution in [0.5, 0.6) is 0 Å². The van der Waals surface area contributed by atoms with Crippen molar-refractivity contribution in [1.29, 1.82) is 0 Å². The fraction of sp³-hybridized carbons (Fsp3) is 0. The van der Waals surface area contributed by atoms with E-state index in [1.165, 1.54) is 0 Å². The highest BCUT2D eigenvalue weighted by Crippen LogP contribution is 2.27. The zero-order chi connectivity index (χ0) is 14.9. The molecule has 0 unspecified atom stereocenters. The van der Waals surface area contributed by atoms with Gasteiger partial charge in [0.15, 0.2) is 11.0 Å². The zero-order valence-electron chi connectivity index (χ0n) is 9.64. The van der Waals surface area contributed by atoms with Crippen LogP contribution in [0.15, 0.2) is 29.4 Å². The van der Waals surface area contributed by atoms with Crippen LogP contribution in [0.3, 0.4) is 0 Å².